The smallest absolute Gasteiger partial charge is 0.260 e. The summed E-state index contributed by atoms with van der Waals surface area (Å²) in [4.78, 5) is 12.3. The first-order valence-electron chi connectivity index (χ1n) is 10.3. The molecule has 1 amide bonds. The molecule has 0 saturated carbocycles. The number of carbonyl (C=O) groups is 1. The molecule has 1 N–H and O–H groups in total. The summed E-state index contributed by atoms with van der Waals surface area (Å²) in [7, 11) is -1.84. The minimum Gasteiger partial charge on any atom is -0.491 e. The van der Waals surface area contributed by atoms with Gasteiger partial charge in [-0.2, -0.15) is 0 Å². The standard InChI is InChI=1S/C23H32N2O5S/c1-17(2)29-22-10-6-8-19(16-22)9-7-15-24-23(26)18(3)30-21-13-11-20(12-14-21)25(4)31(5,27)28/h6,8,10-14,16-18H,7,9,15H2,1-5H3,(H,24,26)/t18-/m1/s1. The number of hydrogen-bond donors (Lipinski definition) is 1. The Kier molecular flexibility index (Phi) is 8.74. The van der Waals surface area contributed by atoms with E-state index < -0.39 is 16.1 Å². The Morgan fingerprint density at radius 2 is 1.71 bits per heavy atom. The predicted octanol–water partition coefficient (Wildman–Crippen LogP) is 3.39. The molecule has 0 radical (unpaired) electrons. The molecular weight excluding hydrogens is 416 g/mol. The molecular formula is C23H32N2O5S. The molecule has 0 aliphatic heterocycles. The van der Waals surface area contributed by atoms with Crippen LogP contribution in [0.3, 0.4) is 0 Å². The first kappa shape index (κ1) is 24.5. The minimum absolute atomic E-state index is 0.132. The van der Waals surface area contributed by atoms with E-state index in [1.54, 1.807) is 31.2 Å². The highest BCUT2D eigenvalue weighted by atomic mass is 32.2. The molecule has 0 unspecified atom stereocenters. The second-order valence-electron chi connectivity index (χ2n) is 7.69. The van der Waals surface area contributed by atoms with Gasteiger partial charge in [0.2, 0.25) is 10.0 Å². The lowest BCUT2D eigenvalue weighted by Gasteiger charge is -2.18. The molecule has 7 nitrogen and oxygen atoms in total. The lowest BCUT2D eigenvalue weighted by Crippen LogP contribution is -2.36. The highest BCUT2D eigenvalue weighted by Crippen LogP contribution is 2.21. The molecule has 0 fully saturated rings. The van der Waals surface area contributed by atoms with E-state index in [1.165, 1.54) is 11.4 Å². The number of sulfonamides is 1. The van der Waals surface area contributed by atoms with Crippen LogP contribution in [0, 0.1) is 0 Å². The number of benzene rings is 2. The van der Waals surface area contributed by atoms with Gasteiger partial charge in [-0.1, -0.05) is 12.1 Å². The number of rotatable bonds is 11. The zero-order chi connectivity index (χ0) is 23.0. The fourth-order valence-corrected chi connectivity index (χ4v) is 3.38. The van der Waals surface area contributed by atoms with Crippen LogP contribution in [0.5, 0.6) is 11.5 Å². The van der Waals surface area contributed by atoms with Gasteiger partial charge in [-0.3, -0.25) is 9.10 Å². The second-order valence-corrected chi connectivity index (χ2v) is 9.71. The van der Waals surface area contributed by atoms with Crippen LogP contribution in [0.25, 0.3) is 0 Å². The fraction of sp³-hybridized carbons (Fsp3) is 0.435. The van der Waals surface area contributed by atoms with E-state index >= 15 is 0 Å². The minimum atomic E-state index is -3.32. The number of anilines is 1. The van der Waals surface area contributed by atoms with Gasteiger partial charge in [-0.05, 0) is 75.6 Å². The topological polar surface area (TPSA) is 84.9 Å². The van der Waals surface area contributed by atoms with Gasteiger partial charge < -0.3 is 14.8 Å². The zero-order valence-corrected chi connectivity index (χ0v) is 19.6. The molecule has 170 valence electrons. The summed E-state index contributed by atoms with van der Waals surface area (Å²) in [6.45, 7) is 6.21. The molecule has 1 atom stereocenters. The molecule has 0 saturated heterocycles. The summed E-state index contributed by atoms with van der Waals surface area (Å²) in [6, 6.07) is 14.6. The maximum absolute atomic E-state index is 12.3. The van der Waals surface area contributed by atoms with Crippen molar-refractivity contribution in [2.75, 3.05) is 24.2 Å². The normalized spacial score (nSPS) is 12.3. The summed E-state index contributed by atoms with van der Waals surface area (Å²) < 4.78 is 35.7. The second kappa shape index (κ2) is 11.0. The van der Waals surface area contributed by atoms with E-state index in [-0.39, 0.29) is 12.0 Å². The average molecular weight is 449 g/mol. The SMILES string of the molecule is CC(C)Oc1cccc(CCCNC(=O)[C@@H](C)Oc2ccc(N(C)S(C)(=O)=O)cc2)c1. The summed E-state index contributed by atoms with van der Waals surface area (Å²) in [6.07, 6.45) is 2.24. The van der Waals surface area contributed by atoms with Crippen LogP contribution in [0.4, 0.5) is 5.69 Å². The van der Waals surface area contributed by atoms with Gasteiger partial charge in [0.1, 0.15) is 11.5 Å². The van der Waals surface area contributed by atoms with E-state index in [0.29, 0.717) is 18.0 Å². The summed E-state index contributed by atoms with van der Waals surface area (Å²) in [5.41, 5.74) is 1.69. The first-order chi connectivity index (χ1) is 14.6. The quantitative estimate of drug-likeness (QED) is 0.533. The lowest BCUT2D eigenvalue weighted by molar-refractivity contribution is -0.127. The van der Waals surface area contributed by atoms with Crippen LogP contribution in [-0.4, -0.2) is 46.4 Å². The van der Waals surface area contributed by atoms with E-state index in [4.69, 9.17) is 9.47 Å². The van der Waals surface area contributed by atoms with Crippen molar-refractivity contribution in [3.05, 3.63) is 54.1 Å². The van der Waals surface area contributed by atoms with Gasteiger partial charge in [-0.15, -0.1) is 0 Å². The number of carbonyl (C=O) groups excluding carboxylic acids is 1. The molecule has 2 rings (SSSR count). The van der Waals surface area contributed by atoms with Crippen molar-refractivity contribution < 1.29 is 22.7 Å². The van der Waals surface area contributed by atoms with E-state index in [9.17, 15) is 13.2 Å². The van der Waals surface area contributed by atoms with Crippen molar-refractivity contribution in [3.63, 3.8) is 0 Å². The number of ether oxygens (including phenoxy) is 2. The van der Waals surface area contributed by atoms with Crippen LogP contribution in [0.15, 0.2) is 48.5 Å². The number of nitrogens with one attached hydrogen (secondary N) is 1. The molecule has 0 aliphatic rings. The molecule has 0 bridgehead atoms. The predicted molar refractivity (Wildman–Crippen MR) is 123 cm³/mol. The van der Waals surface area contributed by atoms with Gasteiger partial charge >= 0.3 is 0 Å². The maximum atomic E-state index is 12.3. The van der Waals surface area contributed by atoms with Crippen molar-refractivity contribution in [2.45, 2.75) is 45.8 Å². The van der Waals surface area contributed by atoms with Crippen LogP contribution >= 0.6 is 0 Å². The van der Waals surface area contributed by atoms with Crippen molar-refractivity contribution in [1.29, 1.82) is 0 Å². The Balaban J connectivity index is 1.77. The molecule has 0 spiro atoms. The van der Waals surface area contributed by atoms with Gasteiger partial charge in [0.25, 0.3) is 5.91 Å². The molecule has 8 heteroatoms. The van der Waals surface area contributed by atoms with Crippen molar-refractivity contribution in [3.8, 4) is 11.5 Å². The van der Waals surface area contributed by atoms with E-state index in [0.717, 1.165) is 30.4 Å². The molecule has 0 aromatic heterocycles. The molecule has 2 aromatic carbocycles. The third-order valence-electron chi connectivity index (χ3n) is 4.59. The third-order valence-corrected chi connectivity index (χ3v) is 5.80. The molecule has 0 heterocycles. The third kappa shape index (κ3) is 8.13. The Hall–Kier alpha value is -2.74. The highest BCUT2D eigenvalue weighted by Gasteiger charge is 2.15. The zero-order valence-electron chi connectivity index (χ0n) is 18.8. The number of hydrogen-bond acceptors (Lipinski definition) is 5. The number of nitrogens with zero attached hydrogens (tertiary/aromatic N) is 1. The Bertz CT molecular complexity index is 958. The Morgan fingerprint density at radius 3 is 2.32 bits per heavy atom. The fourth-order valence-electron chi connectivity index (χ4n) is 2.88. The monoisotopic (exact) mass is 448 g/mol. The van der Waals surface area contributed by atoms with Crippen LogP contribution in [-0.2, 0) is 21.2 Å². The average Bonchev–Trinajstić information content (AvgIpc) is 2.70. The first-order valence-corrected chi connectivity index (χ1v) is 12.1. The van der Waals surface area contributed by atoms with Crippen LogP contribution in [0.2, 0.25) is 0 Å². The largest absolute Gasteiger partial charge is 0.491 e. The van der Waals surface area contributed by atoms with E-state index in [1.807, 2.05) is 38.1 Å². The molecule has 31 heavy (non-hydrogen) atoms. The Labute approximate surface area is 185 Å². The van der Waals surface area contributed by atoms with Crippen molar-refractivity contribution >= 4 is 21.6 Å². The van der Waals surface area contributed by atoms with Crippen molar-refractivity contribution in [2.24, 2.45) is 0 Å². The van der Waals surface area contributed by atoms with Gasteiger partial charge in [0.15, 0.2) is 6.10 Å². The lowest BCUT2D eigenvalue weighted by atomic mass is 10.1. The van der Waals surface area contributed by atoms with Crippen LogP contribution in [0.1, 0.15) is 32.8 Å². The van der Waals surface area contributed by atoms with Crippen LogP contribution < -0.4 is 19.1 Å². The van der Waals surface area contributed by atoms with Gasteiger partial charge in [-0.25, -0.2) is 8.42 Å². The summed E-state index contributed by atoms with van der Waals surface area (Å²) >= 11 is 0. The highest BCUT2D eigenvalue weighted by molar-refractivity contribution is 7.92. The summed E-state index contributed by atoms with van der Waals surface area (Å²) in [5.74, 6) is 1.15. The summed E-state index contributed by atoms with van der Waals surface area (Å²) in [5, 5.41) is 2.89. The van der Waals surface area contributed by atoms with Gasteiger partial charge in [0, 0.05) is 13.6 Å². The Morgan fingerprint density at radius 1 is 1.03 bits per heavy atom. The van der Waals surface area contributed by atoms with E-state index in [2.05, 4.69) is 5.32 Å². The molecule has 2 aromatic rings. The number of aryl methyl sites for hydroxylation is 1. The maximum Gasteiger partial charge on any atom is 0.260 e. The van der Waals surface area contributed by atoms with Crippen molar-refractivity contribution in [1.82, 2.24) is 5.32 Å². The number of amides is 1. The van der Waals surface area contributed by atoms with Gasteiger partial charge in [0.05, 0.1) is 18.0 Å². The molecule has 0 aliphatic carbocycles.